The van der Waals surface area contributed by atoms with E-state index in [1.807, 2.05) is 0 Å². The number of benzene rings is 4. The van der Waals surface area contributed by atoms with Crippen LogP contribution in [0.25, 0.3) is 22.3 Å². The van der Waals surface area contributed by atoms with Gasteiger partial charge in [-0.25, -0.2) is 0 Å². The molecule has 4 aromatic carbocycles. The number of aryl methyl sites for hydroxylation is 2. The molecule has 6 rings (SSSR count). The second-order valence-electron chi connectivity index (χ2n) is 8.05. The molecule has 2 aliphatic carbocycles. The second-order valence-corrected chi connectivity index (χ2v) is 8.05. The van der Waals surface area contributed by atoms with Gasteiger partial charge in [0, 0.05) is 25.8 Å². The third-order valence-electron chi connectivity index (χ3n) is 6.56. The molecule has 0 radical (unpaired) electrons. The van der Waals surface area contributed by atoms with Crippen molar-refractivity contribution >= 4 is 0 Å². The molecule has 1 heteroatoms. The molecule has 0 saturated carbocycles. The van der Waals surface area contributed by atoms with E-state index in [1.54, 1.807) is 11.1 Å². The normalized spacial score (nSPS) is 12.6. The number of hydrogen-bond acceptors (Lipinski definition) is 0. The minimum Gasteiger partial charge on any atom is -0.0619 e. The van der Waals surface area contributed by atoms with Crippen LogP contribution in [0.3, 0.4) is 0 Å². The summed E-state index contributed by atoms with van der Waals surface area (Å²) in [5.41, 5.74) is 14.8. The van der Waals surface area contributed by atoms with Gasteiger partial charge < -0.3 is 0 Å². The zero-order valence-electron chi connectivity index (χ0n) is 16.4. The number of rotatable bonds is 3. The molecule has 0 heterocycles. The molecule has 0 aromatic heterocycles. The molecule has 0 spiro atoms. The van der Waals surface area contributed by atoms with Crippen LogP contribution in [-0.2, 0) is 51.5 Å². The number of fused-ring (bicyclic) bond motifs is 6. The van der Waals surface area contributed by atoms with Gasteiger partial charge in [0.2, 0.25) is 0 Å². The van der Waals surface area contributed by atoms with Gasteiger partial charge in [0.05, 0.1) is 0 Å². The van der Waals surface area contributed by atoms with Crippen molar-refractivity contribution in [3.05, 3.63) is 118 Å². The van der Waals surface area contributed by atoms with Gasteiger partial charge in [-0.3, -0.25) is 0 Å². The third-order valence-corrected chi connectivity index (χ3v) is 6.56. The van der Waals surface area contributed by atoms with Gasteiger partial charge in [0.25, 0.3) is 0 Å². The van der Waals surface area contributed by atoms with Crippen LogP contribution in [0.5, 0.6) is 0 Å². The Kier molecular flexibility index (Phi) is 4.87. The summed E-state index contributed by atoms with van der Waals surface area (Å²) in [6.07, 6.45) is 4.40. The fraction of sp³-hybridized carbons (Fsp3) is 0.143. The van der Waals surface area contributed by atoms with Crippen molar-refractivity contribution in [2.45, 2.75) is 25.7 Å². The average molecular weight is 537 g/mol. The van der Waals surface area contributed by atoms with Crippen LogP contribution in [0.15, 0.2) is 84.9 Å². The van der Waals surface area contributed by atoms with Crippen LogP contribution in [0.4, 0.5) is 0 Å². The predicted octanol–water partition coefficient (Wildman–Crippen LogP) is 6.61. The summed E-state index contributed by atoms with van der Waals surface area (Å²) in [6, 6.07) is 31.5. The monoisotopic (exact) mass is 538 g/mol. The van der Waals surface area contributed by atoms with E-state index < -0.39 is 0 Å². The summed E-state index contributed by atoms with van der Waals surface area (Å²) in [5, 5.41) is 0. The minimum atomic E-state index is 0. The molecular formula is C28H22Hf. The predicted molar refractivity (Wildman–Crippen MR) is 117 cm³/mol. The van der Waals surface area contributed by atoms with E-state index in [-0.39, 0.29) is 25.8 Å². The Balaban J connectivity index is 0.00000181. The van der Waals surface area contributed by atoms with E-state index in [4.69, 9.17) is 0 Å². The Labute approximate surface area is 191 Å². The Morgan fingerprint density at radius 1 is 0.448 bits per heavy atom. The zero-order chi connectivity index (χ0) is 18.5. The smallest absolute Gasteiger partial charge is 0 e. The molecule has 0 saturated heterocycles. The van der Waals surface area contributed by atoms with Gasteiger partial charge in [-0.05, 0) is 81.3 Å². The molecule has 0 amide bonds. The Bertz CT molecular complexity index is 1120. The molecule has 29 heavy (non-hydrogen) atoms. The van der Waals surface area contributed by atoms with E-state index >= 15 is 0 Å². The first-order valence-electron chi connectivity index (χ1n) is 10.3. The molecule has 0 atom stereocenters. The molecule has 2 aliphatic rings. The van der Waals surface area contributed by atoms with E-state index in [9.17, 15) is 0 Å². The van der Waals surface area contributed by atoms with Crippen LogP contribution >= 0.6 is 0 Å². The van der Waals surface area contributed by atoms with Crippen molar-refractivity contribution in [3.63, 3.8) is 0 Å². The first-order chi connectivity index (χ1) is 13.9. The van der Waals surface area contributed by atoms with Crippen LogP contribution in [0, 0.1) is 0 Å². The van der Waals surface area contributed by atoms with Gasteiger partial charge in [-0.1, -0.05) is 84.9 Å². The fourth-order valence-electron chi connectivity index (χ4n) is 5.18. The fourth-order valence-corrected chi connectivity index (χ4v) is 5.18. The third kappa shape index (κ3) is 3.07. The second kappa shape index (κ2) is 7.54. The summed E-state index contributed by atoms with van der Waals surface area (Å²) in [7, 11) is 0. The van der Waals surface area contributed by atoms with Gasteiger partial charge >= 0.3 is 0 Å². The summed E-state index contributed by atoms with van der Waals surface area (Å²) < 4.78 is 0. The van der Waals surface area contributed by atoms with Crippen LogP contribution in [-0.4, -0.2) is 0 Å². The minimum absolute atomic E-state index is 0. The van der Waals surface area contributed by atoms with E-state index in [1.165, 1.54) is 44.5 Å². The van der Waals surface area contributed by atoms with Crippen LogP contribution in [0.1, 0.15) is 33.4 Å². The van der Waals surface area contributed by atoms with Crippen molar-refractivity contribution in [3.8, 4) is 22.3 Å². The van der Waals surface area contributed by atoms with Gasteiger partial charge in [-0.2, -0.15) is 0 Å². The van der Waals surface area contributed by atoms with Crippen molar-refractivity contribution in [1.29, 1.82) is 0 Å². The van der Waals surface area contributed by atoms with E-state index in [2.05, 4.69) is 84.9 Å². The summed E-state index contributed by atoms with van der Waals surface area (Å²) >= 11 is 0. The Hall–Kier alpha value is -2.25. The topological polar surface area (TPSA) is 0 Å². The van der Waals surface area contributed by atoms with E-state index in [0.717, 1.165) is 25.7 Å². The standard InChI is InChI=1S/C28H22.Hf/c1-3-11-23-21(7-1)17-27-19(9-5-13-25(23)27)15-16-20-10-6-14-26-24-12-4-2-8-22(24)18-28(20)26;/h1-14H,15-18H2;. The molecule has 138 valence electrons. The van der Waals surface area contributed by atoms with Crippen molar-refractivity contribution in [2.24, 2.45) is 0 Å². The molecular weight excluding hydrogens is 515 g/mol. The maximum atomic E-state index is 2.34. The summed E-state index contributed by atoms with van der Waals surface area (Å²) in [4.78, 5) is 0. The summed E-state index contributed by atoms with van der Waals surface area (Å²) in [6.45, 7) is 0. The Morgan fingerprint density at radius 2 is 0.862 bits per heavy atom. The zero-order valence-corrected chi connectivity index (χ0v) is 20.0. The van der Waals surface area contributed by atoms with Gasteiger partial charge in [-0.15, -0.1) is 0 Å². The maximum absolute atomic E-state index is 2.34. The molecule has 0 N–H and O–H groups in total. The van der Waals surface area contributed by atoms with Crippen molar-refractivity contribution < 1.29 is 25.8 Å². The SMILES string of the molecule is [Hf].c1ccc2c(c1)Cc1c(CCc3cccc4c3Cc3ccccc3-4)cccc1-2. The van der Waals surface area contributed by atoms with Crippen molar-refractivity contribution in [2.75, 3.05) is 0 Å². The molecule has 0 bridgehead atoms. The van der Waals surface area contributed by atoms with Crippen LogP contribution < -0.4 is 0 Å². The van der Waals surface area contributed by atoms with Gasteiger partial charge in [0.1, 0.15) is 0 Å². The van der Waals surface area contributed by atoms with Gasteiger partial charge in [0.15, 0.2) is 0 Å². The average Bonchev–Trinajstić information content (AvgIpc) is 3.31. The Morgan fingerprint density at radius 3 is 1.34 bits per heavy atom. The van der Waals surface area contributed by atoms with Crippen molar-refractivity contribution in [1.82, 2.24) is 0 Å². The summed E-state index contributed by atoms with van der Waals surface area (Å²) in [5.74, 6) is 0. The molecule has 0 nitrogen and oxygen atoms in total. The quantitative estimate of drug-likeness (QED) is 0.223. The number of hydrogen-bond donors (Lipinski definition) is 0. The molecule has 4 aromatic rings. The first-order valence-corrected chi connectivity index (χ1v) is 10.3. The van der Waals surface area contributed by atoms with E-state index in [0.29, 0.717) is 0 Å². The largest absolute Gasteiger partial charge is 0.0619 e. The molecule has 0 aliphatic heterocycles. The molecule has 0 fully saturated rings. The first kappa shape index (κ1) is 18.8. The van der Waals surface area contributed by atoms with Crippen LogP contribution in [0.2, 0.25) is 0 Å². The molecule has 0 unspecified atom stereocenters. The maximum Gasteiger partial charge on any atom is 0 e.